The van der Waals surface area contributed by atoms with Crippen molar-refractivity contribution in [2.24, 2.45) is 0 Å². The summed E-state index contributed by atoms with van der Waals surface area (Å²) < 4.78 is 7.90. The lowest BCUT2D eigenvalue weighted by molar-refractivity contribution is 0.463. The number of fused-ring (bicyclic) bond motifs is 3. The first-order valence-electron chi connectivity index (χ1n) is 7.17. The lowest BCUT2D eigenvalue weighted by Crippen LogP contribution is -1.98. The third-order valence-corrected chi connectivity index (χ3v) is 4.39. The van der Waals surface area contributed by atoms with Crippen molar-refractivity contribution in [3.63, 3.8) is 0 Å². The van der Waals surface area contributed by atoms with Crippen molar-refractivity contribution in [2.45, 2.75) is 13.8 Å². The van der Waals surface area contributed by atoms with Gasteiger partial charge in [-0.25, -0.2) is 4.98 Å². The number of benzene rings is 2. The van der Waals surface area contributed by atoms with Gasteiger partial charge < -0.3 is 4.74 Å². The normalized spacial score (nSPS) is 11.3. The summed E-state index contributed by atoms with van der Waals surface area (Å²) in [6.45, 7) is 3.93. The standard InChI is InChI=1S/C17H13ClN4O/c1-10-11(2)15(8-7-12(10)18)23-17-16-21-19-9-22(16)14-6-4-3-5-13(14)20-17/h3-9H,1-2H3. The predicted octanol–water partition coefficient (Wildman–Crippen LogP) is 4.34. The molecule has 6 heteroatoms. The van der Waals surface area contributed by atoms with Crippen LogP contribution in [0.4, 0.5) is 0 Å². The Kier molecular flexibility index (Phi) is 3.16. The van der Waals surface area contributed by atoms with Gasteiger partial charge in [0.1, 0.15) is 12.1 Å². The van der Waals surface area contributed by atoms with E-state index in [4.69, 9.17) is 16.3 Å². The highest BCUT2D eigenvalue weighted by Crippen LogP contribution is 2.32. The van der Waals surface area contributed by atoms with Crippen LogP contribution < -0.4 is 4.74 Å². The largest absolute Gasteiger partial charge is 0.436 e. The first kappa shape index (κ1) is 14.0. The highest BCUT2D eigenvalue weighted by molar-refractivity contribution is 6.31. The third-order valence-electron chi connectivity index (χ3n) is 3.98. The van der Waals surface area contributed by atoms with E-state index in [-0.39, 0.29) is 0 Å². The quantitative estimate of drug-likeness (QED) is 0.550. The van der Waals surface area contributed by atoms with Crippen LogP contribution >= 0.6 is 11.6 Å². The summed E-state index contributed by atoms with van der Waals surface area (Å²) in [5, 5.41) is 8.83. The number of para-hydroxylation sites is 2. The van der Waals surface area contributed by atoms with E-state index in [1.165, 1.54) is 0 Å². The van der Waals surface area contributed by atoms with Gasteiger partial charge in [-0.15, -0.1) is 10.2 Å². The van der Waals surface area contributed by atoms with E-state index in [9.17, 15) is 0 Å². The summed E-state index contributed by atoms with van der Waals surface area (Å²) in [4.78, 5) is 4.59. The van der Waals surface area contributed by atoms with Crippen LogP contribution in [0.1, 0.15) is 11.1 Å². The zero-order chi connectivity index (χ0) is 16.0. The van der Waals surface area contributed by atoms with Crippen molar-refractivity contribution in [2.75, 3.05) is 0 Å². The first-order valence-corrected chi connectivity index (χ1v) is 7.55. The van der Waals surface area contributed by atoms with Crippen molar-refractivity contribution in [3.05, 3.63) is 58.9 Å². The minimum Gasteiger partial charge on any atom is -0.436 e. The van der Waals surface area contributed by atoms with Gasteiger partial charge in [-0.05, 0) is 49.2 Å². The topological polar surface area (TPSA) is 52.3 Å². The summed E-state index contributed by atoms with van der Waals surface area (Å²) >= 11 is 6.15. The second-order valence-electron chi connectivity index (χ2n) is 5.33. The molecule has 5 nitrogen and oxygen atoms in total. The van der Waals surface area contributed by atoms with Gasteiger partial charge in [0.25, 0.3) is 5.88 Å². The van der Waals surface area contributed by atoms with E-state index >= 15 is 0 Å². The van der Waals surface area contributed by atoms with E-state index < -0.39 is 0 Å². The molecule has 0 bridgehead atoms. The van der Waals surface area contributed by atoms with Crippen LogP contribution in [0.5, 0.6) is 11.6 Å². The number of hydrogen-bond donors (Lipinski definition) is 0. The van der Waals surface area contributed by atoms with Gasteiger partial charge in [0, 0.05) is 5.02 Å². The van der Waals surface area contributed by atoms with Gasteiger partial charge in [-0.1, -0.05) is 23.7 Å². The molecule has 4 rings (SSSR count). The average Bonchev–Trinajstić information content (AvgIpc) is 3.06. The molecule has 0 spiro atoms. The molecule has 0 amide bonds. The maximum absolute atomic E-state index is 6.15. The first-order chi connectivity index (χ1) is 11.1. The zero-order valence-electron chi connectivity index (χ0n) is 12.6. The van der Waals surface area contributed by atoms with Gasteiger partial charge in [-0.2, -0.15) is 0 Å². The van der Waals surface area contributed by atoms with Crippen LogP contribution in [0, 0.1) is 13.8 Å². The highest BCUT2D eigenvalue weighted by Gasteiger charge is 2.14. The van der Waals surface area contributed by atoms with Crippen LogP contribution in [-0.4, -0.2) is 19.6 Å². The van der Waals surface area contributed by atoms with Crippen molar-refractivity contribution in [1.29, 1.82) is 0 Å². The fraction of sp³-hybridized carbons (Fsp3) is 0.118. The number of rotatable bonds is 2. The Hall–Kier alpha value is -2.66. The van der Waals surface area contributed by atoms with E-state index in [1.54, 1.807) is 6.33 Å². The number of ether oxygens (including phenoxy) is 1. The molecule has 23 heavy (non-hydrogen) atoms. The number of nitrogens with zero attached hydrogens (tertiary/aromatic N) is 4. The molecule has 0 aliphatic rings. The molecule has 2 aromatic carbocycles. The van der Waals surface area contributed by atoms with Crippen molar-refractivity contribution in [3.8, 4) is 11.6 Å². The van der Waals surface area contributed by atoms with E-state index in [1.807, 2.05) is 54.6 Å². The molecule has 114 valence electrons. The van der Waals surface area contributed by atoms with Gasteiger partial charge in [0.15, 0.2) is 0 Å². The summed E-state index contributed by atoms with van der Waals surface area (Å²) in [5.41, 5.74) is 4.30. The van der Waals surface area contributed by atoms with E-state index in [0.29, 0.717) is 22.3 Å². The number of aromatic nitrogens is 4. The second-order valence-corrected chi connectivity index (χ2v) is 5.74. The van der Waals surface area contributed by atoms with Gasteiger partial charge >= 0.3 is 0 Å². The van der Waals surface area contributed by atoms with Gasteiger partial charge in [-0.3, -0.25) is 4.40 Å². The lowest BCUT2D eigenvalue weighted by atomic mass is 10.1. The molecule has 0 aliphatic carbocycles. The summed E-state index contributed by atoms with van der Waals surface area (Å²) in [7, 11) is 0. The second kappa shape index (κ2) is 5.21. The monoisotopic (exact) mass is 324 g/mol. The zero-order valence-corrected chi connectivity index (χ0v) is 13.4. The molecule has 4 aromatic rings. The summed E-state index contributed by atoms with van der Waals surface area (Å²) in [6, 6.07) is 11.5. The van der Waals surface area contributed by atoms with Crippen LogP contribution in [0.15, 0.2) is 42.7 Å². The molecule has 0 saturated heterocycles. The Labute approximate surface area is 137 Å². The minimum absolute atomic E-state index is 0.422. The Morgan fingerprint density at radius 3 is 2.74 bits per heavy atom. The molecule has 0 atom stereocenters. The molecule has 0 fully saturated rings. The van der Waals surface area contributed by atoms with E-state index in [0.717, 1.165) is 22.2 Å². The SMILES string of the molecule is Cc1c(Cl)ccc(Oc2nc3ccccc3n3cnnc23)c1C. The van der Waals surface area contributed by atoms with Crippen LogP contribution in [0.25, 0.3) is 16.7 Å². The number of halogens is 1. The van der Waals surface area contributed by atoms with E-state index in [2.05, 4.69) is 15.2 Å². The molecule has 2 aromatic heterocycles. The van der Waals surface area contributed by atoms with Crippen molar-refractivity contribution in [1.82, 2.24) is 19.6 Å². The third kappa shape index (κ3) is 2.21. The summed E-state index contributed by atoms with van der Waals surface area (Å²) in [5.74, 6) is 1.13. The van der Waals surface area contributed by atoms with Gasteiger partial charge in [0.2, 0.25) is 5.65 Å². The Bertz CT molecular complexity index is 1040. The molecule has 2 heterocycles. The molecule has 0 unspecified atom stereocenters. The molecular weight excluding hydrogens is 312 g/mol. The molecule has 0 radical (unpaired) electrons. The maximum Gasteiger partial charge on any atom is 0.266 e. The van der Waals surface area contributed by atoms with Crippen LogP contribution in [0.2, 0.25) is 5.02 Å². The van der Waals surface area contributed by atoms with Gasteiger partial charge in [0.05, 0.1) is 11.0 Å². The Morgan fingerprint density at radius 2 is 1.87 bits per heavy atom. The maximum atomic E-state index is 6.15. The summed E-state index contributed by atoms with van der Waals surface area (Å²) in [6.07, 6.45) is 1.66. The van der Waals surface area contributed by atoms with Crippen molar-refractivity contribution < 1.29 is 4.74 Å². The fourth-order valence-corrected chi connectivity index (χ4v) is 2.73. The predicted molar refractivity (Wildman–Crippen MR) is 89.3 cm³/mol. The highest BCUT2D eigenvalue weighted by atomic mass is 35.5. The Balaban J connectivity index is 1.91. The Morgan fingerprint density at radius 1 is 1.04 bits per heavy atom. The molecule has 0 saturated carbocycles. The van der Waals surface area contributed by atoms with Crippen LogP contribution in [-0.2, 0) is 0 Å². The molecular formula is C17H13ClN4O. The van der Waals surface area contributed by atoms with Crippen molar-refractivity contribution >= 4 is 28.3 Å². The lowest BCUT2D eigenvalue weighted by Gasteiger charge is -2.12. The average molecular weight is 325 g/mol. The molecule has 0 aliphatic heterocycles. The molecule has 0 N–H and O–H groups in total. The smallest absolute Gasteiger partial charge is 0.266 e. The fourth-order valence-electron chi connectivity index (χ4n) is 2.52. The van der Waals surface area contributed by atoms with Crippen LogP contribution in [0.3, 0.4) is 0 Å². The minimum atomic E-state index is 0.422. The number of hydrogen-bond acceptors (Lipinski definition) is 4.